The Morgan fingerprint density at radius 1 is 1.30 bits per heavy atom. The van der Waals surface area contributed by atoms with Crippen molar-refractivity contribution < 1.29 is 14.6 Å². The Morgan fingerprint density at radius 2 is 2.00 bits per heavy atom. The monoisotopic (exact) mass is 312 g/mol. The summed E-state index contributed by atoms with van der Waals surface area (Å²) in [6.07, 6.45) is 1.58. The number of aromatic carboxylic acids is 1. The third-order valence-electron chi connectivity index (χ3n) is 4.59. The summed E-state index contributed by atoms with van der Waals surface area (Å²) in [5.41, 5.74) is 2.95. The molecule has 0 amide bonds. The molecule has 0 spiro atoms. The van der Waals surface area contributed by atoms with Gasteiger partial charge in [0.1, 0.15) is 5.75 Å². The van der Waals surface area contributed by atoms with Crippen LogP contribution < -0.4 is 4.74 Å². The fourth-order valence-corrected chi connectivity index (χ4v) is 3.17. The summed E-state index contributed by atoms with van der Waals surface area (Å²) in [6.45, 7) is 5.57. The minimum Gasteiger partial charge on any atom is -0.497 e. The number of rotatable bonds is 4. The van der Waals surface area contributed by atoms with Crippen LogP contribution in [0, 0.1) is 0 Å². The van der Waals surface area contributed by atoms with Crippen molar-refractivity contribution >= 4 is 5.97 Å². The van der Waals surface area contributed by atoms with E-state index in [-0.39, 0.29) is 11.2 Å². The molecular weight excluding hydrogens is 292 g/mol. The van der Waals surface area contributed by atoms with Crippen LogP contribution in [0.5, 0.6) is 5.75 Å². The highest BCUT2D eigenvalue weighted by atomic mass is 16.5. The molecule has 2 aromatic rings. The molecule has 0 fully saturated rings. The molecule has 5 nitrogen and oxygen atoms in total. The molecule has 1 aromatic heterocycles. The third kappa shape index (κ3) is 2.68. The first-order valence-electron chi connectivity index (χ1n) is 7.53. The molecule has 0 unspecified atom stereocenters. The molecule has 23 heavy (non-hydrogen) atoms. The van der Waals surface area contributed by atoms with Gasteiger partial charge in [-0.15, -0.1) is 0 Å². The molecule has 1 aliphatic heterocycles. The Bertz CT molecular complexity index is 738. The van der Waals surface area contributed by atoms with E-state index in [9.17, 15) is 9.90 Å². The Balaban J connectivity index is 1.90. The maximum absolute atomic E-state index is 11.4. The second kappa shape index (κ2) is 5.66. The van der Waals surface area contributed by atoms with Crippen molar-refractivity contribution in [2.75, 3.05) is 7.11 Å². The van der Waals surface area contributed by atoms with Crippen LogP contribution >= 0.6 is 0 Å². The van der Waals surface area contributed by atoms with E-state index in [0.29, 0.717) is 6.54 Å². The van der Waals surface area contributed by atoms with E-state index in [0.717, 1.165) is 29.0 Å². The number of hydrogen-bond donors (Lipinski definition) is 1. The largest absolute Gasteiger partial charge is 0.497 e. The van der Waals surface area contributed by atoms with Crippen LogP contribution in [0.4, 0.5) is 0 Å². The number of fused-ring (bicyclic) bond motifs is 1. The van der Waals surface area contributed by atoms with E-state index in [1.165, 1.54) is 0 Å². The van der Waals surface area contributed by atoms with Crippen LogP contribution in [0.15, 0.2) is 36.5 Å². The predicted molar refractivity (Wildman–Crippen MR) is 86.5 cm³/mol. The first kappa shape index (κ1) is 15.5. The van der Waals surface area contributed by atoms with Crippen molar-refractivity contribution in [3.8, 4) is 5.75 Å². The number of carboxylic acid groups (broad SMARTS) is 1. The van der Waals surface area contributed by atoms with Gasteiger partial charge in [-0.25, -0.2) is 9.78 Å². The standard InChI is InChI=1S/C18H20N2O3/c1-18(2)15-8-9-19-16(17(21)22)14(15)11-20(18)10-12-4-6-13(23-3)7-5-12/h4-9H,10-11H2,1-3H3,(H,21,22). The lowest BCUT2D eigenvalue weighted by atomic mass is 9.93. The van der Waals surface area contributed by atoms with Crippen LogP contribution in [-0.4, -0.2) is 28.1 Å². The normalized spacial score (nSPS) is 16.1. The molecule has 0 radical (unpaired) electrons. The number of methoxy groups -OCH3 is 1. The fraction of sp³-hybridized carbons (Fsp3) is 0.333. The molecule has 1 aliphatic rings. The van der Waals surface area contributed by atoms with Crippen molar-refractivity contribution in [3.63, 3.8) is 0 Å². The maximum atomic E-state index is 11.4. The zero-order valence-corrected chi connectivity index (χ0v) is 13.5. The molecule has 1 aromatic carbocycles. The SMILES string of the molecule is COc1ccc(CN2Cc3c(ccnc3C(=O)O)C2(C)C)cc1. The van der Waals surface area contributed by atoms with Gasteiger partial charge in [-0.2, -0.15) is 0 Å². The number of carbonyl (C=O) groups is 1. The molecule has 1 N–H and O–H groups in total. The second-order valence-corrected chi connectivity index (χ2v) is 6.25. The van der Waals surface area contributed by atoms with E-state index < -0.39 is 5.97 Å². The molecule has 0 saturated heterocycles. The van der Waals surface area contributed by atoms with Gasteiger partial charge in [0.2, 0.25) is 0 Å². The molecule has 0 aliphatic carbocycles. The first-order chi connectivity index (χ1) is 10.9. The van der Waals surface area contributed by atoms with Crippen molar-refractivity contribution in [2.24, 2.45) is 0 Å². The summed E-state index contributed by atoms with van der Waals surface area (Å²) in [6, 6.07) is 9.88. The maximum Gasteiger partial charge on any atom is 0.354 e. The van der Waals surface area contributed by atoms with E-state index in [1.807, 2.05) is 30.3 Å². The molecule has 0 saturated carbocycles. The van der Waals surface area contributed by atoms with E-state index in [2.05, 4.69) is 23.7 Å². The lowest BCUT2D eigenvalue weighted by molar-refractivity contribution is 0.0688. The summed E-state index contributed by atoms with van der Waals surface area (Å²) in [5.74, 6) is -0.140. The Labute approximate surface area is 135 Å². The Kier molecular flexibility index (Phi) is 3.82. The lowest BCUT2D eigenvalue weighted by Gasteiger charge is -2.32. The van der Waals surface area contributed by atoms with Gasteiger partial charge < -0.3 is 9.84 Å². The zero-order chi connectivity index (χ0) is 16.6. The number of aromatic nitrogens is 1. The fourth-order valence-electron chi connectivity index (χ4n) is 3.17. The summed E-state index contributed by atoms with van der Waals surface area (Å²) in [5, 5.41) is 9.36. The van der Waals surface area contributed by atoms with Crippen molar-refractivity contribution in [1.82, 2.24) is 9.88 Å². The van der Waals surface area contributed by atoms with Crippen molar-refractivity contribution in [3.05, 3.63) is 58.9 Å². The van der Waals surface area contributed by atoms with Crippen molar-refractivity contribution in [1.29, 1.82) is 0 Å². The van der Waals surface area contributed by atoms with Crippen LogP contribution in [0.1, 0.15) is 41.0 Å². The summed E-state index contributed by atoms with van der Waals surface area (Å²) < 4.78 is 5.19. The summed E-state index contributed by atoms with van der Waals surface area (Å²) in [7, 11) is 1.65. The minimum absolute atomic E-state index is 0.160. The minimum atomic E-state index is -0.969. The van der Waals surface area contributed by atoms with Gasteiger partial charge in [-0.05, 0) is 43.2 Å². The number of pyridine rings is 1. The van der Waals surface area contributed by atoms with Crippen molar-refractivity contribution in [2.45, 2.75) is 32.5 Å². The molecule has 3 rings (SSSR count). The molecule has 120 valence electrons. The predicted octanol–water partition coefficient (Wildman–Crippen LogP) is 3.04. The smallest absolute Gasteiger partial charge is 0.354 e. The van der Waals surface area contributed by atoms with Gasteiger partial charge >= 0.3 is 5.97 Å². The van der Waals surface area contributed by atoms with Gasteiger partial charge in [0.15, 0.2) is 5.69 Å². The van der Waals surface area contributed by atoms with Crippen LogP contribution in [0.3, 0.4) is 0 Å². The topological polar surface area (TPSA) is 62.7 Å². The van der Waals surface area contributed by atoms with Crippen LogP contribution in [0.2, 0.25) is 0 Å². The van der Waals surface area contributed by atoms with Gasteiger partial charge in [-0.3, -0.25) is 4.90 Å². The number of benzene rings is 1. The molecule has 5 heteroatoms. The summed E-state index contributed by atoms with van der Waals surface area (Å²) >= 11 is 0. The summed E-state index contributed by atoms with van der Waals surface area (Å²) in [4.78, 5) is 17.7. The molecule has 2 heterocycles. The van der Waals surface area contributed by atoms with Gasteiger partial charge in [0.25, 0.3) is 0 Å². The number of ether oxygens (including phenoxy) is 1. The van der Waals surface area contributed by atoms with E-state index >= 15 is 0 Å². The van der Waals surface area contributed by atoms with E-state index in [4.69, 9.17) is 4.74 Å². The van der Waals surface area contributed by atoms with Crippen LogP contribution in [-0.2, 0) is 18.6 Å². The quantitative estimate of drug-likeness (QED) is 0.940. The molecular formula is C18H20N2O3. The van der Waals surface area contributed by atoms with Crippen LogP contribution in [0.25, 0.3) is 0 Å². The zero-order valence-electron chi connectivity index (χ0n) is 13.5. The average molecular weight is 312 g/mol. The van der Waals surface area contributed by atoms with Gasteiger partial charge in [0.05, 0.1) is 7.11 Å². The number of hydrogen-bond acceptors (Lipinski definition) is 4. The molecule has 0 atom stereocenters. The van der Waals surface area contributed by atoms with Gasteiger partial charge in [0, 0.05) is 30.4 Å². The lowest BCUT2D eigenvalue weighted by Crippen LogP contribution is -2.34. The number of carboxylic acids is 1. The first-order valence-corrected chi connectivity index (χ1v) is 7.53. The third-order valence-corrected chi connectivity index (χ3v) is 4.59. The Morgan fingerprint density at radius 3 is 2.61 bits per heavy atom. The number of nitrogens with zero attached hydrogens (tertiary/aromatic N) is 2. The average Bonchev–Trinajstić information content (AvgIpc) is 2.79. The highest BCUT2D eigenvalue weighted by molar-refractivity contribution is 5.87. The highest BCUT2D eigenvalue weighted by Gasteiger charge is 2.39. The highest BCUT2D eigenvalue weighted by Crippen LogP contribution is 2.40. The molecule has 0 bridgehead atoms. The Hall–Kier alpha value is -2.40. The van der Waals surface area contributed by atoms with Gasteiger partial charge in [-0.1, -0.05) is 12.1 Å². The second-order valence-electron chi connectivity index (χ2n) is 6.25. The van der Waals surface area contributed by atoms with E-state index in [1.54, 1.807) is 13.3 Å².